The minimum atomic E-state index is -4.37. The van der Waals surface area contributed by atoms with Crippen LogP contribution in [0.4, 0.5) is 13.2 Å². The second kappa shape index (κ2) is 4.77. The molecule has 0 bridgehead atoms. The first-order valence-corrected chi connectivity index (χ1v) is 7.21. The van der Waals surface area contributed by atoms with Gasteiger partial charge in [0.25, 0.3) is 0 Å². The molecule has 0 heterocycles. The van der Waals surface area contributed by atoms with Crippen LogP contribution in [-0.4, -0.2) is 0 Å². The van der Waals surface area contributed by atoms with Gasteiger partial charge in [-0.1, -0.05) is 64.5 Å². The van der Waals surface area contributed by atoms with Crippen molar-refractivity contribution in [1.29, 1.82) is 0 Å². The van der Waals surface area contributed by atoms with Crippen molar-refractivity contribution in [2.24, 2.45) is 0 Å². The highest BCUT2D eigenvalue weighted by Crippen LogP contribution is 2.42. The molecule has 0 amide bonds. The van der Waals surface area contributed by atoms with Crippen LogP contribution in [-0.2, 0) is 11.5 Å². The van der Waals surface area contributed by atoms with E-state index in [1.54, 1.807) is 36.4 Å². The predicted octanol–water partition coefficient (Wildman–Crippen LogP) is 5.91. The van der Waals surface area contributed by atoms with Crippen LogP contribution in [0.2, 0.25) is 0 Å². The number of alkyl halides is 4. The molecule has 3 aromatic rings. The van der Waals surface area contributed by atoms with Crippen molar-refractivity contribution < 1.29 is 13.2 Å². The van der Waals surface area contributed by atoms with Crippen LogP contribution in [0.5, 0.6) is 0 Å². The average Bonchev–Trinajstić information content (AvgIpc) is 2.43. The third kappa shape index (κ3) is 1.99. The topological polar surface area (TPSA) is 0 Å². The Morgan fingerprint density at radius 2 is 1.15 bits per heavy atom. The van der Waals surface area contributed by atoms with E-state index in [1.165, 1.54) is 12.1 Å². The minimum Gasteiger partial charge on any atom is -0.166 e. The summed E-state index contributed by atoms with van der Waals surface area (Å²) in [6.45, 7) is 0. The van der Waals surface area contributed by atoms with Crippen molar-refractivity contribution in [3.8, 4) is 0 Å². The van der Waals surface area contributed by atoms with Gasteiger partial charge in [0.2, 0.25) is 0 Å². The molecule has 3 aromatic carbocycles. The first kappa shape index (κ1) is 13.4. The lowest BCUT2D eigenvalue weighted by Gasteiger charge is -2.17. The predicted molar refractivity (Wildman–Crippen MR) is 79.1 cm³/mol. The van der Waals surface area contributed by atoms with E-state index in [2.05, 4.69) is 15.9 Å². The van der Waals surface area contributed by atoms with Gasteiger partial charge in [0.05, 0.1) is 5.56 Å². The SMILES string of the molecule is FC(F)(F)c1c2ccccc2c(CBr)c2ccccc12. The smallest absolute Gasteiger partial charge is 0.166 e. The van der Waals surface area contributed by atoms with E-state index in [-0.39, 0.29) is 10.8 Å². The quantitative estimate of drug-likeness (QED) is 0.382. The number of benzene rings is 3. The fraction of sp³-hybridized carbons (Fsp3) is 0.125. The zero-order chi connectivity index (χ0) is 14.3. The summed E-state index contributed by atoms with van der Waals surface area (Å²) in [6.07, 6.45) is -4.37. The molecule has 0 N–H and O–H groups in total. The van der Waals surface area contributed by atoms with Crippen molar-refractivity contribution >= 4 is 37.5 Å². The number of hydrogen-bond acceptors (Lipinski definition) is 0. The van der Waals surface area contributed by atoms with Crippen LogP contribution >= 0.6 is 15.9 Å². The van der Waals surface area contributed by atoms with Gasteiger partial charge in [0.1, 0.15) is 0 Å². The van der Waals surface area contributed by atoms with Gasteiger partial charge in [-0.2, -0.15) is 13.2 Å². The van der Waals surface area contributed by atoms with Crippen molar-refractivity contribution in [1.82, 2.24) is 0 Å². The molecule has 0 unspecified atom stereocenters. The highest BCUT2D eigenvalue weighted by Gasteiger charge is 2.35. The van der Waals surface area contributed by atoms with Gasteiger partial charge in [-0.05, 0) is 27.1 Å². The Bertz CT molecular complexity index is 734. The van der Waals surface area contributed by atoms with Crippen molar-refractivity contribution in [2.75, 3.05) is 0 Å². The number of rotatable bonds is 1. The Morgan fingerprint density at radius 1 is 0.750 bits per heavy atom. The summed E-state index contributed by atoms with van der Waals surface area (Å²) < 4.78 is 40.4. The molecule has 0 aliphatic heterocycles. The van der Waals surface area contributed by atoms with Gasteiger partial charge >= 0.3 is 6.18 Å². The van der Waals surface area contributed by atoms with Crippen LogP contribution in [0.15, 0.2) is 48.5 Å². The Hall–Kier alpha value is -1.55. The largest absolute Gasteiger partial charge is 0.417 e. The molecule has 0 saturated heterocycles. The van der Waals surface area contributed by atoms with Gasteiger partial charge in [-0.25, -0.2) is 0 Å². The van der Waals surface area contributed by atoms with E-state index < -0.39 is 11.7 Å². The fourth-order valence-corrected chi connectivity index (χ4v) is 3.27. The third-order valence-corrected chi connectivity index (χ3v) is 4.02. The first-order chi connectivity index (χ1) is 9.54. The molecule has 4 heteroatoms. The summed E-state index contributed by atoms with van der Waals surface area (Å²) in [5, 5.41) is 2.33. The highest BCUT2D eigenvalue weighted by atomic mass is 79.9. The average molecular weight is 339 g/mol. The standard InChI is InChI=1S/C16H10BrF3/c17-9-14-10-5-1-3-7-12(10)15(16(18,19)20)13-8-4-2-6-11(13)14/h1-8H,9H2. The van der Waals surface area contributed by atoms with Crippen molar-refractivity contribution in [3.63, 3.8) is 0 Å². The highest BCUT2D eigenvalue weighted by molar-refractivity contribution is 9.08. The lowest BCUT2D eigenvalue weighted by atomic mass is 9.92. The van der Waals surface area contributed by atoms with Gasteiger partial charge in [-0.3, -0.25) is 0 Å². The van der Waals surface area contributed by atoms with Gasteiger partial charge in [0.15, 0.2) is 0 Å². The lowest BCUT2D eigenvalue weighted by molar-refractivity contribution is -0.135. The summed E-state index contributed by atoms with van der Waals surface area (Å²) in [4.78, 5) is 0. The van der Waals surface area contributed by atoms with Crippen LogP contribution in [0.1, 0.15) is 11.1 Å². The first-order valence-electron chi connectivity index (χ1n) is 6.09. The molecule has 102 valence electrons. The molecule has 0 aliphatic rings. The van der Waals surface area contributed by atoms with E-state index >= 15 is 0 Å². The van der Waals surface area contributed by atoms with Crippen LogP contribution in [0.25, 0.3) is 21.5 Å². The van der Waals surface area contributed by atoms with E-state index in [4.69, 9.17) is 0 Å². The molecule has 0 spiro atoms. The summed E-state index contributed by atoms with van der Waals surface area (Å²) in [5.74, 6) is 0. The van der Waals surface area contributed by atoms with E-state index in [0.29, 0.717) is 16.1 Å². The molecule has 0 fully saturated rings. The van der Waals surface area contributed by atoms with Crippen LogP contribution in [0, 0.1) is 0 Å². The normalized spacial score (nSPS) is 12.2. The molecular formula is C16H10BrF3. The second-order valence-corrected chi connectivity index (χ2v) is 5.14. The summed E-state index contributed by atoms with van der Waals surface area (Å²) in [7, 11) is 0. The molecule has 0 aromatic heterocycles. The van der Waals surface area contributed by atoms with E-state index in [0.717, 1.165) is 5.56 Å². The summed E-state index contributed by atoms with van der Waals surface area (Å²) >= 11 is 3.39. The fourth-order valence-electron chi connectivity index (χ4n) is 2.67. The maximum Gasteiger partial charge on any atom is 0.417 e. The zero-order valence-electron chi connectivity index (χ0n) is 10.3. The molecule has 20 heavy (non-hydrogen) atoms. The molecule has 0 aliphatic carbocycles. The number of hydrogen-bond donors (Lipinski definition) is 0. The molecule has 0 radical (unpaired) electrons. The Kier molecular flexibility index (Phi) is 3.21. The number of halogens is 4. The maximum atomic E-state index is 13.5. The molecule has 3 rings (SSSR count). The third-order valence-electron chi connectivity index (χ3n) is 3.46. The summed E-state index contributed by atoms with van der Waals surface area (Å²) in [6, 6.07) is 13.4. The Morgan fingerprint density at radius 3 is 1.50 bits per heavy atom. The minimum absolute atomic E-state index is 0.258. The van der Waals surface area contributed by atoms with Crippen molar-refractivity contribution in [2.45, 2.75) is 11.5 Å². The number of fused-ring (bicyclic) bond motifs is 2. The van der Waals surface area contributed by atoms with Gasteiger partial charge < -0.3 is 0 Å². The molecule has 0 saturated carbocycles. The van der Waals surface area contributed by atoms with Gasteiger partial charge in [0, 0.05) is 5.33 Å². The Balaban J connectivity index is 2.63. The Labute approximate surface area is 122 Å². The van der Waals surface area contributed by atoms with Crippen LogP contribution < -0.4 is 0 Å². The van der Waals surface area contributed by atoms with Crippen molar-refractivity contribution in [3.05, 3.63) is 59.7 Å². The monoisotopic (exact) mass is 338 g/mol. The van der Waals surface area contributed by atoms with Gasteiger partial charge in [-0.15, -0.1) is 0 Å². The maximum absolute atomic E-state index is 13.5. The van der Waals surface area contributed by atoms with E-state index in [9.17, 15) is 13.2 Å². The second-order valence-electron chi connectivity index (χ2n) is 4.58. The lowest BCUT2D eigenvalue weighted by Crippen LogP contribution is -2.08. The van der Waals surface area contributed by atoms with Crippen LogP contribution in [0.3, 0.4) is 0 Å². The molecule has 0 atom stereocenters. The van der Waals surface area contributed by atoms with E-state index in [1.807, 2.05) is 0 Å². The molecular weight excluding hydrogens is 329 g/mol. The summed E-state index contributed by atoms with van der Waals surface area (Å²) in [5.41, 5.74) is 0.345. The zero-order valence-corrected chi connectivity index (χ0v) is 11.9. The molecule has 0 nitrogen and oxygen atoms in total.